The third-order valence-electron chi connectivity index (χ3n) is 6.33. The number of hydrogen-bond donors (Lipinski definition) is 1. The van der Waals surface area contributed by atoms with Crippen molar-refractivity contribution in [2.24, 2.45) is 0 Å². The van der Waals surface area contributed by atoms with Gasteiger partial charge in [0, 0.05) is 43.4 Å². The van der Waals surface area contributed by atoms with Gasteiger partial charge in [0.15, 0.2) is 0 Å². The van der Waals surface area contributed by atoms with Crippen molar-refractivity contribution < 1.29 is 18.7 Å². The molecule has 0 bridgehead atoms. The number of nitrogens with zero attached hydrogens (tertiary/aromatic N) is 3. The summed E-state index contributed by atoms with van der Waals surface area (Å²) in [4.78, 5) is 35.6. The van der Waals surface area contributed by atoms with Gasteiger partial charge in [-0.1, -0.05) is 18.2 Å². The number of halogens is 1. The highest BCUT2D eigenvalue weighted by atomic mass is 19.1. The number of ether oxygens (including phenoxy) is 1. The maximum Gasteiger partial charge on any atom is 0.321 e. The van der Waals surface area contributed by atoms with Gasteiger partial charge in [-0.25, -0.2) is 14.4 Å². The Bertz CT molecular complexity index is 1190. The summed E-state index contributed by atoms with van der Waals surface area (Å²) < 4.78 is 19.7. The fourth-order valence-electron chi connectivity index (χ4n) is 4.88. The highest BCUT2D eigenvalue weighted by Crippen LogP contribution is 2.42. The molecule has 5 rings (SSSR count). The lowest BCUT2D eigenvalue weighted by molar-refractivity contribution is -0.125. The van der Waals surface area contributed by atoms with Crippen molar-refractivity contribution in [2.75, 3.05) is 13.1 Å². The second-order valence-electron chi connectivity index (χ2n) is 8.51. The van der Waals surface area contributed by atoms with E-state index in [1.807, 2.05) is 6.07 Å². The van der Waals surface area contributed by atoms with Crippen LogP contribution in [0.2, 0.25) is 0 Å². The zero-order valence-corrected chi connectivity index (χ0v) is 17.9. The molecule has 2 saturated heterocycles. The Morgan fingerprint density at radius 1 is 1.12 bits per heavy atom. The minimum absolute atomic E-state index is 0.0322. The van der Waals surface area contributed by atoms with Crippen molar-refractivity contribution in [2.45, 2.75) is 30.7 Å². The summed E-state index contributed by atoms with van der Waals surface area (Å²) in [5.41, 5.74) is 0.636. The largest absolute Gasteiger partial charge is 0.424 e. The van der Waals surface area contributed by atoms with Gasteiger partial charge in [-0.3, -0.25) is 9.59 Å². The summed E-state index contributed by atoms with van der Waals surface area (Å²) in [6.07, 6.45) is 5.09. The highest BCUT2D eigenvalue weighted by Gasteiger charge is 2.50. The quantitative estimate of drug-likeness (QED) is 0.661. The summed E-state index contributed by atoms with van der Waals surface area (Å²) in [5, 5.41) is 3.14. The van der Waals surface area contributed by atoms with Crippen LogP contribution >= 0.6 is 0 Å². The summed E-state index contributed by atoms with van der Waals surface area (Å²) in [7, 11) is 0. The lowest BCUT2D eigenvalue weighted by Crippen LogP contribution is -2.56. The molecule has 2 amide bonds. The number of carbonyl (C=O) groups is 2. The first-order chi connectivity index (χ1) is 16.0. The van der Waals surface area contributed by atoms with Crippen molar-refractivity contribution in [1.29, 1.82) is 0 Å². The average Bonchev–Trinajstić information content (AvgIpc) is 3.17. The van der Waals surface area contributed by atoms with E-state index in [-0.39, 0.29) is 29.6 Å². The van der Waals surface area contributed by atoms with Crippen LogP contribution < -0.4 is 10.1 Å². The van der Waals surface area contributed by atoms with E-state index in [9.17, 15) is 14.0 Å². The molecule has 2 aromatic carbocycles. The van der Waals surface area contributed by atoms with E-state index in [1.54, 1.807) is 53.7 Å². The number of hydrogen-bond acceptors (Lipinski definition) is 5. The first-order valence-electron chi connectivity index (χ1n) is 10.9. The molecule has 0 unspecified atom stereocenters. The van der Waals surface area contributed by atoms with Gasteiger partial charge < -0.3 is 15.0 Å². The van der Waals surface area contributed by atoms with E-state index < -0.39 is 5.54 Å². The Morgan fingerprint density at radius 3 is 2.73 bits per heavy atom. The van der Waals surface area contributed by atoms with Crippen LogP contribution in [0.25, 0.3) is 0 Å². The number of carbonyl (C=O) groups excluding carboxylic acids is 2. The Kier molecular flexibility index (Phi) is 5.50. The highest BCUT2D eigenvalue weighted by molar-refractivity contribution is 5.95. The standard InChI is InChI=1S/C25H23FN4O3/c26-19-7-1-5-17(13-19)21-15-30(16-25(21)10-3-9-22(31)29-25)23(32)18-6-2-8-20(14-18)33-24-27-11-4-12-28-24/h1-2,4-8,11-14,21H,3,9-10,15-16H2,(H,29,31)/t21-,25+/m0/s1. The van der Waals surface area contributed by atoms with E-state index >= 15 is 0 Å². The van der Waals surface area contributed by atoms with Crippen LogP contribution in [0, 0.1) is 5.82 Å². The maximum absolute atomic E-state index is 14.0. The topological polar surface area (TPSA) is 84.4 Å². The zero-order chi connectivity index (χ0) is 22.8. The van der Waals surface area contributed by atoms with Crippen LogP contribution in [-0.2, 0) is 4.79 Å². The minimum Gasteiger partial charge on any atom is -0.424 e. The van der Waals surface area contributed by atoms with E-state index in [1.165, 1.54) is 12.1 Å². The molecule has 2 aliphatic rings. The van der Waals surface area contributed by atoms with Crippen LogP contribution in [0.1, 0.15) is 41.1 Å². The van der Waals surface area contributed by atoms with E-state index in [0.717, 1.165) is 18.4 Å². The van der Waals surface area contributed by atoms with Crippen LogP contribution in [0.4, 0.5) is 4.39 Å². The molecule has 7 nitrogen and oxygen atoms in total. The van der Waals surface area contributed by atoms with E-state index in [2.05, 4.69) is 15.3 Å². The summed E-state index contributed by atoms with van der Waals surface area (Å²) in [6, 6.07) is 15.2. The molecular formula is C25H23FN4O3. The van der Waals surface area contributed by atoms with Gasteiger partial charge in [-0.05, 0) is 54.8 Å². The van der Waals surface area contributed by atoms with E-state index in [4.69, 9.17) is 4.74 Å². The lowest BCUT2D eigenvalue weighted by atomic mass is 9.76. The van der Waals surface area contributed by atoms with Crippen LogP contribution in [0.15, 0.2) is 67.0 Å². The predicted octanol–water partition coefficient (Wildman–Crippen LogP) is 3.69. The van der Waals surface area contributed by atoms with Gasteiger partial charge in [0.05, 0.1) is 5.54 Å². The Labute approximate surface area is 190 Å². The van der Waals surface area contributed by atoms with Crippen LogP contribution in [0.5, 0.6) is 11.8 Å². The van der Waals surface area contributed by atoms with Gasteiger partial charge >= 0.3 is 6.01 Å². The molecule has 3 heterocycles. The number of likely N-dealkylation sites (tertiary alicyclic amines) is 1. The number of piperidine rings is 1. The van der Waals surface area contributed by atoms with Gasteiger partial charge in [-0.2, -0.15) is 0 Å². The number of benzene rings is 2. The smallest absolute Gasteiger partial charge is 0.321 e. The fourth-order valence-corrected chi connectivity index (χ4v) is 4.88. The first kappa shape index (κ1) is 21.1. The lowest BCUT2D eigenvalue weighted by Gasteiger charge is -2.39. The van der Waals surface area contributed by atoms with Crippen molar-refractivity contribution >= 4 is 11.8 Å². The van der Waals surface area contributed by atoms with Crippen molar-refractivity contribution in [3.63, 3.8) is 0 Å². The second-order valence-corrected chi connectivity index (χ2v) is 8.51. The van der Waals surface area contributed by atoms with Crippen LogP contribution in [0.3, 0.4) is 0 Å². The molecule has 0 saturated carbocycles. The SMILES string of the molecule is O=C1CCC[C@]2(CN(C(=O)c3cccc(Oc4ncccn4)c3)C[C@H]2c2cccc(F)c2)N1. The summed E-state index contributed by atoms with van der Waals surface area (Å²) in [6.45, 7) is 0.751. The molecule has 0 radical (unpaired) electrons. The maximum atomic E-state index is 14.0. The number of amides is 2. The summed E-state index contributed by atoms with van der Waals surface area (Å²) >= 11 is 0. The first-order valence-corrected chi connectivity index (χ1v) is 10.9. The molecule has 2 aliphatic heterocycles. The average molecular weight is 446 g/mol. The summed E-state index contributed by atoms with van der Waals surface area (Å²) in [5.74, 6) is -0.280. The fraction of sp³-hybridized carbons (Fsp3) is 0.280. The van der Waals surface area contributed by atoms with Crippen molar-refractivity contribution in [3.8, 4) is 11.8 Å². The number of aromatic nitrogens is 2. The Balaban J connectivity index is 1.42. The van der Waals surface area contributed by atoms with Gasteiger partial charge in [-0.15, -0.1) is 0 Å². The molecule has 1 aromatic heterocycles. The molecule has 1 N–H and O–H groups in total. The molecule has 8 heteroatoms. The van der Waals surface area contributed by atoms with E-state index in [0.29, 0.717) is 30.8 Å². The number of nitrogens with one attached hydrogen (secondary N) is 1. The Morgan fingerprint density at radius 2 is 1.94 bits per heavy atom. The van der Waals surface area contributed by atoms with Crippen LogP contribution in [-0.4, -0.2) is 45.3 Å². The molecule has 33 heavy (non-hydrogen) atoms. The van der Waals surface area contributed by atoms with Crippen molar-refractivity contribution in [1.82, 2.24) is 20.2 Å². The molecule has 168 valence electrons. The zero-order valence-electron chi connectivity index (χ0n) is 17.9. The molecule has 3 aromatic rings. The predicted molar refractivity (Wildman–Crippen MR) is 118 cm³/mol. The molecule has 1 spiro atoms. The third-order valence-corrected chi connectivity index (χ3v) is 6.33. The van der Waals surface area contributed by atoms with Gasteiger partial charge in [0.1, 0.15) is 11.6 Å². The molecule has 2 atom stereocenters. The van der Waals surface area contributed by atoms with Crippen molar-refractivity contribution in [3.05, 3.63) is 83.9 Å². The molecule has 2 fully saturated rings. The normalized spacial score (nSPS) is 22.3. The van der Waals surface area contributed by atoms with Gasteiger partial charge in [0.25, 0.3) is 5.91 Å². The minimum atomic E-state index is -0.606. The van der Waals surface area contributed by atoms with Gasteiger partial charge in [0.2, 0.25) is 5.91 Å². The number of rotatable bonds is 4. The Hall–Kier alpha value is -3.81. The monoisotopic (exact) mass is 446 g/mol. The molecular weight excluding hydrogens is 423 g/mol. The second kappa shape index (κ2) is 8.61. The molecule has 0 aliphatic carbocycles. The third kappa shape index (κ3) is 4.28.